The second-order valence-corrected chi connectivity index (χ2v) is 3.92. The van der Waals surface area contributed by atoms with Crippen LogP contribution in [0.2, 0.25) is 0 Å². The fraction of sp³-hybridized carbons (Fsp3) is 0.500. The van der Waals surface area contributed by atoms with Gasteiger partial charge in [0.25, 0.3) is 0 Å². The van der Waals surface area contributed by atoms with Crippen molar-refractivity contribution in [2.24, 2.45) is 11.8 Å². The lowest BCUT2D eigenvalue weighted by molar-refractivity contribution is 0.357. The minimum Gasteiger partial charge on any atom is -0.311 e. The molecule has 0 fully saturated rings. The average molecular weight is 203 g/mol. The van der Waals surface area contributed by atoms with Gasteiger partial charge in [0.05, 0.1) is 23.7 Å². The van der Waals surface area contributed by atoms with Gasteiger partial charge in [-0.2, -0.15) is 5.26 Å². The van der Waals surface area contributed by atoms with Crippen molar-refractivity contribution in [3.63, 3.8) is 0 Å². The molecular formula is C12H17N3. The van der Waals surface area contributed by atoms with Gasteiger partial charge in [-0.1, -0.05) is 19.9 Å². The molecule has 0 saturated carbocycles. The number of nitriles is 1. The zero-order valence-corrected chi connectivity index (χ0v) is 9.44. The Morgan fingerprint density at radius 1 is 1.40 bits per heavy atom. The molecule has 0 aromatic carbocycles. The van der Waals surface area contributed by atoms with E-state index in [1.54, 1.807) is 6.20 Å². The van der Waals surface area contributed by atoms with Gasteiger partial charge in [-0.3, -0.25) is 4.98 Å². The van der Waals surface area contributed by atoms with Gasteiger partial charge in [0.2, 0.25) is 0 Å². The second-order valence-electron chi connectivity index (χ2n) is 3.92. The maximum atomic E-state index is 9.14. The highest BCUT2D eigenvalue weighted by Gasteiger charge is 2.25. The Hall–Kier alpha value is -1.40. The van der Waals surface area contributed by atoms with E-state index in [0.29, 0.717) is 5.92 Å². The molecular weight excluding hydrogens is 186 g/mol. The van der Waals surface area contributed by atoms with Gasteiger partial charge in [-0.25, -0.2) is 0 Å². The van der Waals surface area contributed by atoms with Crippen LogP contribution in [-0.4, -0.2) is 12.0 Å². The number of nitrogens with zero attached hydrogens (tertiary/aromatic N) is 2. The summed E-state index contributed by atoms with van der Waals surface area (Å²) in [5, 5.41) is 12.3. The summed E-state index contributed by atoms with van der Waals surface area (Å²) < 4.78 is 0. The van der Waals surface area contributed by atoms with Crippen LogP contribution in [0.5, 0.6) is 0 Å². The fourth-order valence-corrected chi connectivity index (χ4v) is 1.68. The van der Waals surface area contributed by atoms with Crippen LogP contribution in [0.15, 0.2) is 24.4 Å². The smallest absolute Gasteiger partial charge is 0.0696 e. The Morgan fingerprint density at radius 2 is 2.13 bits per heavy atom. The van der Waals surface area contributed by atoms with Crippen molar-refractivity contribution >= 4 is 0 Å². The molecule has 2 atom stereocenters. The SMILES string of the molecule is CNC(c1ccccn1)C(C#N)C(C)C. The highest BCUT2D eigenvalue weighted by Crippen LogP contribution is 2.25. The van der Waals surface area contributed by atoms with Gasteiger partial charge in [-0.05, 0) is 25.1 Å². The molecule has 1 rings (SSSR count). The molecule has 2 unspecified atom stereocenters. The molecule has 0 spiro atoms. The van der Waals surface area contributed by atoms with Crippen LogP contribution in [0.1, 0.15) is 25.6 Å². The van der Waals surface area contributed by atoms with Crippen molar-refractivity contribution < 1.29 is 0 Å². The minimum absolute atomic E-state index is 0.0104. The molecule has 1 heterocycles. The average Bonchev–Trinajstić information content (AvgIpc) is 2.26. The molecule has 3 nitrogen and oxygen atoms in total. The van der Waals surface area contributed by atoms with Crippen molar-refractivity contribution in [2.75, 3.05) is 7.05 Å². The molecule has 0 aliphatic heterocycles. The molecule has 1 aromatic heterocycles. The van der Waals surface area contributed by atoms with Crippen molar-refractivity contribution in [1.82, 2.24) is 10.3 Å². The first-order chi connectivity index (χ1) is 7.20. The first kappa shape index (κ1) is 11.7. The van der Waals surface area contributed by atoms with E-state index in [-0.39, 0.29) is 12.0 Å². The van der Waals surface area contributed by atoms with Crippen LogP contribution in [0.25, 0.3) is 0 Å². The van der Waals surface area contributed by atoms with E-state index in [2.05, 4.69) is 30.2 Å². The van der Waals surface area contributed by atoms with Crippen LogP contribution in [0.4, 0.5) is 0 Å². The van der Waals surface area contributed by atoms with Crippen LogP contribution < -0.4 is 5.32 Å². The quantitative estimate of drug-likeness (QED) is 0.815. The third kappa shape index (κ3) is 2.77. The summed E-state index contributed by atoms with van der Waals surface area (Å²) in [6.07, 6.45) is 1.76. The van der Waals surface area contributed by atoms with E-state index in [1.165, 1.54) is 0 Å². The molecule has 0 aliphatic carbocycles. The molecule has 0 radical (unpaired) electrons. The van der Waals surface area contributed by atoms with Crippen LogP contribution >= 0.6 is 0 Å². The first-order valence-corrected chi connectivity index (χ1v) is 5.18. The molecule has 3 heteroatoms. The zero-order chi connectivity index (χ0) is 11.3. The molecule has 15 heavy (non-hydrogen) atoms. The number of hydrogen-bond donors (Lipinski definition) is 1. The summed E-state index contributed by atoms with van der Waals surface area (Å²) >= 11 is 0. The number of aromatic nitrogens is 1. The zero-order valence-electron chi connectivity index (χ0n) is 9.44. The van der Waals surface area contributed by atoms with E-state index in [1.807, 2.05) is 25.2 Å². The number of hydrogen-bond acceptors (Lipinski definition) is 3. The lowest BCUT2D eigenvalue weighted by atomic mass is 9.88. The monoisotopic (exact) mass is 203 g/mol. The maximum Gasteiger partial charge on any atom is 0.0696 e. The van der Waals surface area contributed by atoms with Crippen molar-refractivity contribution in [3.8, 4) is 6.07 Å². The lowest BCUT2D eigenvalue weighted by Gasteiger charge is -2.23. The standard InChI is InChI=1S/C12H17N3/c1-9(2)10(8-13)12(14-3)11-6-4-5-7-15-11/h4-7,9-10,12,14H,1-3H3. The number of pyridine rings is 1. The fourth-order valence-electron chi connectivity index (χ4n) is 1.68. The van der Waals surface area contributed by atoms with E-state index in [4.69, 9.17) is 5.26 Å². The number of nitrogens with one attached hydrogen (secondary N) is 1. The van der Waals surface area contributed by atoms with Gasteiger partial charge in [0.1, 0.15) is 0 Å². The third-order valence-corrected chi connectivity index (χ3v) is 2.54. The summed E-state index contributed by atoms with van der Waals surface area (Å²) in [6, 6.07) is 8.14. The highest BCUT2D eigenvalue weighted by molar-refractivity contribution is 5.13. The first-order valence-electron chi connectivity index (χ1n) is 5.18. The second kappa shape index (κ2) is 5.47. The van der Waals surface area contributed by atoms with E-state index in [9.17, 15) is 0 Å². The predicted molar refractivity (Wildman–Crippen MR) is 60.0 cm³/mol. The van der Waals surface area contributed by atoms with Gasteiger partial charge in [0.15, 0.2) is 0 Å². The van der Waals surface area contributed by atoms with Crippen molar-refractivity contribution in [3.05, 3.63) is 30.1 Å². The molecule has 0 aliphatic rings. The van der Waals surface area contributed by atoms with E-state index < -0.39 is 0 Å². The van der Waals surface area contributed by atoms with E-state index in [0.717, 1.165) is 5.69 Å². The normalized spacial score (nSPS) is 14.6. The number of rotatable bonds is 4. The van der Waals surface area contributed by atoms with Crippen LogP contribution in [0, 0.1) is 23.2 Å². The summed E-state index contributed by atoms with van der Waals surface area (Å²) in [5.74, 6) is 0.263. The van der Waals surface area contributed by atoms with Gasteiger partial charge in [-0.15, -0.1) is 0 Å². The largest absolute Gasteiger partial charge is 0.311 e. The topological polar surface area (TPSA) is 48.7 Å². The highest BCUT2D eigenvalue weighted by atomic mass is 14.9. The Bertz CT molecular complexity index is 326. The maximum absolute atomic E-state index is 9.14. The van der Waals surface area contributed by atoms with Gasteiger partial charge >= 0.3 is 0 Å². The third-order valence-electron chi connectivity index (χ3n) is 2.54. The summed E-state index contributed by atoms with van der Waals surface area (Å²) in [7, 11) is 1.87. The summed E-state index contributed by atoms with van der Waals surface area (Å²) in [4.78, 5) is 4.29. The summed E-state index contributed by atoms with van der Waals surface area (Å²) in [6.45, 7) is 4.11. The van der Waals surface area contributed by atoms with Gasteiger partial charge in [0, 0.05) is 6.20 Å². The summed E-state index contributed by atoms with van der Waals surface area (Å²) in [5.41, 5.74) is 0.931. The molecule has 0 saturated heterocycles. The predicted octanol–water partition coefficient (Wildman–Crippen LogP) is 2.14. The Labute approximate surface area is 91.1 Å². The van der Waals surface area contributed by atoms with Crippen molar-refractivity contribution in [1.29, 1.82) is 5.26 Å². The van der Waals surface area contributed by atoms with E-state index >= 15 is 0 Å². The van der Waals surface area contributed by atoms with Crippen LogP contribution in [0.3, 0.4) is 0 Å². The Balaban J connectivity index is 2.94. The molecule has 1 aromatic rings. The van der Waals surface area contributed by atoms with Crippen molar-refractivity contribution in [2.45, 2.75) is 19.9 Å². The minimum atomic E-state index is -0.0510. The molecule has 80 valence electrons. The molecule has 0 amide bonds. The Kier molecular flexibility index (Phi) is 4.26. The lowest BCUT2D eigenvalue weighted by Crippen LogP contribution is -2.28. The molecule has 1 N–H and O–H groups in total. The molecule has 0 bridgehead atoms. The Morgan fingerprint density at radius 3 is 2.53 bits per heavy atom. The van der Waals surface area contributed by atoms with Gasteiger partial charge < -0.3 is 5.32 Å². The van der Waals surface area contributed by atoms with Crippen LogP contribution in [-0.2, 0) is 0 Å².